The summed E-state index contributed by atoms with van der Waals surface area (Å²) in [5, 5.41) is 13.7. The highest BCUT2D eigenvalue weighted by Crippen LogP contribution is 2.39. The Balaban J connectivity index is 1.99. The molecule has 8 heteroatoms. The molecule has 0 saturated carbocycles. The predicted molar refractivity (Wildman–Crippen MR) is 104 cm³/mol. The predicted octanol–water partition coefficient (Wildman–Crippen LogP) is 4.42. The second kappa shape index (κ2) is 7.30. The van der Waals surface area contributed by atoms with Crippen LogP contribution in [-0.4, -0.2) is 22.5 Å². The normalized spacial score (nSPS) is 16.2. The van der Waals surface area contributed by atoms with Gasteiger partial charge in [-0.05, 0) is 44.5 Å². The number of benzene rings is 2. The largest absolute Gasteiger partial charge is 0.460 e. The highest BCUT2D eigenvalue weighted by atomic mass is 16.6. The molecule has 0 saturated heterocycles. The third-order valence-electron chi connectivity index (χ3n) is 4.21. The lowest BCUT2D eigenvalue weighted by Gasteiger charge is -2.37. The Morgan fingerprint density at radius 2 is 1.82 bits per heavy atom. The van der Waals surface area contributed by atoms with E-state index < -0.39 is 28.6 Å². The molecule has 1 aliphatic heterocycles. The lowest BCUT2D eigenvalue weighted by Crippen LogP contribution is -2.43. The molecule has 0 spiro atoms. The van der Waals surface area contributed by atoms with Gasteiger partial charge >= 0.3 is 12.0 Å². The molecule has 2 aromatic rings. The van der Waals surface area contributed by atoms with Crippen LogP contribution in [0.5, 0.6) is 0 Å². The Labute approximate surface area is 162 Å². The van der Waals surface area contributed by atoms with Gasteiger partial charge < -0.3 is 10.1 Å². The third-order valence-corrected chi connectivity index (χ3v) is 4.21. The number of urea groups is 1. The molecule has 146 valence electrons. The van der Waals surface area contributed by atoms with Crippen LogP contribution in [0.4, 0.5) is 21.9 Å². The number of nitrogens with zero attached hydrogens (tertiary/aromatic N) is 2. The van der Waals surface area contributed by atoms with Gasteiger partial charge in [0.2, 0.25) is 0 Å². The van der Waals surface area contributed by atoms with Crippen LogP contribution < -0.4 is 10.2 Å². The number of hydrogen-bond donors (Lipinski definition) is 1. The van der Waals surface area contributed by atoms with Crippen molar-refractivity contribution in [2.75, 3.05) is 10.2 Å². The molecule has 1 atom stereocenters. The molecule has 0 aliphatic carbocycles. The maximum atomic E-state index is 12.8. The molecular weight excluding hydrogens is 362 g/mol. The van der Waals surface area contributed by atoms with Gasteiger partial charge in [-0.25, -0.2) is 4.79 Å². The maximum absolute atomic E-state index is 12.8. The van der Waals surface area contributed by atoms with Crippen molar-refractivity contribution in [2.45, 2.75) is 38.8 Å². The quantitative estimate of drug-likeness (QED) is 0.478. The van der Waals surface area contributed by atoms with E-state index in [9.17, 15) is 19.7 Å². The molecule has 0 aromatic heterocycles. The summed E-state index contributed by atoms with van der Waals surface area (Å²) in [4.78, 5) is 37.1. The van der Waals surface area contributed by atoms with Gasteiger partial charge in [-0.1, -0.05) is 18.2 Å². The fourth-order valence-corrected chi connectivity index (χ4v) is 3.13. The Morgan fingerprint density at radius 1 is 1.18 bits per heavy atom. The first-order valence-electron chi connectivity index (χ1n) is 8.81. The van der Waals surface area contributed by atoms with Crippen LogP contribution in [0.15, 0.2) is 48.5 Å². The Kier molecular flexibility index (Phi) is 5.04. The fraction of sp³-hybridized carbons (Fsp3) is 0.300. The summed E-state index contributed by atoms with van der Waals surface area (Å²) in [6.45, 7) is 5.33. The van der Waals surface area contributed by atoms with E-state index in [1.54, 1.807) is 32.9 Å². The van der Waals surface area contributed by atoms with Gasteiger partial charge in [-0.15, -0.1) is 0 Å². The number of nitro benzene ring substituents is 1. The van der Waals surface area contributed by atoms with Gasteiger partial charge in [-0.2, -0.15) is 0 Å². The zero-order valence-corrected chi connectivity index (χ0v) is 15.8. The summed E-state index contributed by atoms with van der Waals surface area (Å²) < 4.78 is 5.44. The zero-order chi connectivity index (χ0) is 20.5. The lowest BCUT2D eigenvalue weighted by atomic mass is 9.97. The molecule has 0 bridgehead atoms. The molecule has 1 aliphatic rings. The van der Waals surface area contributed by atoms with E-state index in [4.69, 9.17) is 4.74 Å². The number of hydrogen-bond acceptors (Lipinski definition) is 5. The number of nitro groups is 1. The van der Waals surface area contributed by atoms with E-state index in [-0.39, 0.29) is 12.1 Å². The smallest absolute Gasteiger partial charge is 0.326 e. The summed E-state index contributed by atoms with van der Waals surface area (Å²) in [5.41, 5.74) is 1.12. The first-order chi connectivity index (χ1) is 13.2. The second-order valence-electron chi connectivity index (χ2n) is 7.47. The molecule has 3 rings (SSSR count). The Morgan fingerprint density at radius 3 is 2.43 bits per heavy atom. The van der Waals surface area contributed by atoms with Crippen LogP contribution in [0.1, 0.15) is 38.8 Å². The molecule has 2 amide bonds. The van der Waals surface area contributed by atoms with E-state index in [0.29, 0.717) is 11.4 Å². The van der Waals surface area contributed by atoms with E-state index >= 15 is 0 Å². The average Bonchev–Trinajstić information content (AvgIpc) is 2.60. The van der Waals surface area contributed by atoms with Gasteiger partial charge in [-0.3, -0.25) is 19.8 Å². The van der Waals surface area contributed by atoms with Crippen molar-refractivity contribution in [2.24, 2.45) is 0 Å². The number of ether oxygens (including phenoxy) is 1. The molecule has 1 unspecified atom stereocenters. The van der Waals surface area contributed by atoms with Gasteiger partial charge in [0.1, 0.15) is 5.60 Å². The number of amides is 2. The molecule has 2 aromatic carbocycles. The summed E-state index contributed by atoms with van der Waals surface area (Å²) >= 11 is 0. The van der Waals surface area contributed by atoms with Gasteiger partial charge in [0.25, 0.3) is 5.69 Å². The van der Waals surface area contributed by atoms with Crippen molar-refractivity contribution in [3.8, 4) is 0 Å². The topological polar surface area (TPSA) is 102 Å². The van der Waals surface area contributed by atoms with Crippen LogP contribution in [0.25, 0.3) is 0 Å². The highest BCUT2D eigenvalue weighted by molar-refractivity contribution is 6.05. The number of carbonyl (C=O) groups excluding carboxylic acids is 2. The number of carbonyl (C=O) groups is 2. The lowest BCUT2D eigenvalue weighted by molar-refractivity contribution is -0.384. The van der Waals surface area contributed by atoms with Crippen molar-refractivity contribution in [3.63, 3.8) is 0 Å². The third kappa shape index (κ3) is 4.11. The molecule has 1 N–H and O–H groups in total. The number of para-hydroxylation sites is 1. The summed E-state index contributed by atoms with van der Waals surface area (Å²) in [6.07, 6.45) is -0.0430. The number of esters is 1. The fourth-order valence-electron chi connectivity index (χ4n) is 3.13. The van der Waals surface area contributed by atoms with Crippen molar-refractivity contribution in [3.05, 3.63) is 64.2 Å². The Bertz CT molecular complexity index is 918. The number of anilines is 2. The number of fused-ring (bicyclic) bond motifs is 1. The number of rotatable bonds is 4. The first-order valence-corrected chi connectivity index (χ1v) is 8.81. The van der Waals surface area contributed by atoms with E-state index in [0.717, 1.165) is 5.56 Å². The van der Waals surface area contributed by atoms with Crippen LogP contribution >= 0.6 is 0 Å². The minimum absolute atomic E-state index is 0.0430. The maximum Gasteiger partial charge on any atom is 0.326 e. The van der Waals surface area contributed by atoms with Crippen molar-refractivity contribution < 1.29 is 19.2 Å². The number of nitrogens with one attached hydrogen (secondary N) is 1. The molecule has 1 heterocycles. The molecule has 0 fully saturated rings. The SMILES string of the molecule is CC(C)(C)OC(=O)CC1c2ccccc2NC(=O)N1c1ccc([N+](=O)[O-])cc1. The highest BCUT2D eigenvalue weighted by Gasteiger charge is 2.36. The van der Waals surface area contributed by atoms with Crippen molar-refractivity contribution >= 4 is 29.1 Å². The van der Waals surface area contributed by atoms with E-state index in [1.807, 2.05) is 12.1 Å². The van der Waals surface area contributed by atoms with Crippen LogP contribution in [0, 0.1) is 10.1 Å². The summed E-state index contributed by atoms with van der Waals surface area (Å²) in [7, 11) is 0. The van der Waals surface area contributed by atoms with Crippen LogP contribution in [0.2, 0.25) is 0 Å². The summed E-state index contributed by atoms with van der Waals surface area (Å²) in [5.74, 6) is -0.436. The van der Waals surface area contributed by atoms with Crippen LogP contribution in [-0.2, 0) is 9.53 Å². The Hall–Kier alpha value is -3.42. The number of non-ortho nitro benzene ring substituents is 1. The average molecular weight is 383 g/mol. The van der Waals surface area contributed by atoms with Crippen LogP contribution in [0.3, 0.4) is 0 Å². The molecular formula is C20H21N3O5. The minimum Gasteiger partial charge on any atom is -0.460 e. The first kappa shape index (κ1) is 19.3. The molecule has 8 nitrogen and oxygen atoms in total. The van der Waals surface area contributed by atoms with Gasteiger partial charge in [0.15, 0.2) is 0 Å². The zero-order valence-electron chi connectivity index (χ0n) is 15.8. The van der Waals surface area contributed by atoms with Gasteiger partial charge in [0, 0.05) is 23.5 Å². The minimum atomic E-state index is -0.647. The standard InChI is InChI=1S/C20H21N3O5/c1-20(2,3)28-18(24)12-17-15-6-4-5-7-16(15)21-19(25)22(17)13-8-10-14(11-9-13)23(26)27/h4-11,17H,12H2,1-3H3,(H,21,25). The monoisotopic (exact) mass is 383 g/mol. The molecule has 28 heavy (non-hydrogen) atoms. The van der Waals surface area contributed by atoms with Crippen molar-refractivity contribution in [1.29, 1.82) is 0 Å². The van der Waals surface area contributed by atoms with Crippen molar-refractivity contribution in [1.82, 2.24) is 0 Å². The van der Waals surface area contributed by atoms with Gasteiger partial charge in [0.05, 0.1) is 17.4 Å². The van der Waals surface area contributed by atoms with E-state index in [1.165, 1.54) is 29.2 Å². The van der Waals surface area contributed by atoms with E-state index in [2.05, 4.69) is 5.32 Å². The second-order valence-corrected chi connectivity index (χ2v) is 7.47. The molecule has 0 radical (unpaired) electrons. The summed E-state index contributed by atoms with van der Waals surface area (Å²) in [6, 6.07) is 11.9.